The lowest BCUT2D eigenvalue weighted by Gasteiger charge is -2.36. The van der Waals surface area contributed by atoms with Gasteiger partial charge in [0.15, 0.2) is 0 Å². The van der Waals surface area contributed by atoms with Crippen molar-refractivity contribution in [2.45, 2.75) is 69.4 Å². The number of methoxy groups -OCH3 is 1. The molecule has 0 aliphatic heterocycles. The molecule has 2 fully saturated rings. The van der Waals surface area contributed by atoms with E-state index in [9.17, 15) is 9.59 Å². The van der Waals surface area contributed by atoms with Gasteiger partial charge in [0.2, 0.25) is 0 Å². The first-order valence-electron chi connectivity index (χ1n) is 8.37. The van der Waals surface area contributed by atoms with Gasteiger partial charge in [0, 0.05) is 19.7 Å². The second-order valence-corrected chi connectivity index (χ2v) is 6.66. The summed E-state index contributed by atoms with van der Waals surface area (Å²) < 4.78 is 5.65. The number of carbonyl (C=O) groups is 2. The Morgan fingerprint density at radius 3 is 2.32 bits per heavy atom. The standard InChI is InChI=1S/C16H28N2O4/c1-22-16(9-3-2-4-10-16)11-17-15(21)18-13-7-5-12(6-8-13)14(19)20/h12-13H,2-11H2,1H3,(H,19,20)(H2,17,18,21). The van der Waals surface area contributed by atoms with E-state index in [2.05, 4.69) is 10.6 Å². The summed E-state index contributed by atoms with van der Waals surface area (Å²) in [5.41, 5.74) is -0.212. The van der Waals surface area contributed by atoms with Gasteiger partial charge in [-0.1, -0.05) is 19.3 Å². The number of amides is 2. The Labute approximate surface area is 132 Å². The van der Waals surface area contributed by atoms with E-state index in [1.165, 1.54) is 6.42 Å². The fraction of sp³-hybridized carbons (Fsp3) is 0.875. The highest BCUT2D eigenvalue weighted by atomic mass is 16.5. The molecule has 2 amide bonds. The quantitative estimate of drug-likeness (QED) is 0.727. The first-order chi connectivity index (χ1) is 10.5. The monoisotopic (exact) mass is 312 g/mol. The van der Waals surface area contributed by atoms with Gasteiger partial charge in [-0.3, -0.25) is 4.79 Å². The summed E-state index contributed by atoms with van der Waals surface area (Å²) in [6, 6.07) is -0.0822. The van der Waals surface area contributed by atoms with Crippen molar-refractivity contribution in [2.24, 2.45) is 5.92 Å². The Balaban J connectivity index is 1.71. The van der Waals surface area contributed by atoms with E-state index >= 15 is 0 Å². The van der Waals surface area contributed by atoms with Crippen LogP contribution in [0.4, 0.5) is 4.79 Å². The lowest BCUT2D eigenvalue weighted by Crippen LogP contribution is -2.50. The summed E-state index contributed by atoms with van der Waals surface area (Å²) in [5, 5.41) is 14.9. The van der Waals surface area contributed by atoms with Crippen LogP contribution in [0.2, 0.25) is 0 Å². The number of carbonyl (C=O) groups excluding carboxylic acids is 1. The molecule has 0 saturated heterocycles. The molecule has 2 saturated carbocycles. The summed E-state index contributed by atoms with van der Waals surface area (Å²) in [5.74, 6) is -0.970. The first kappa shape index (κ1) is 17.1. The Bertz CT molecular complexity index is 386. The van der Waals surface area contributed by atoms with E-state index in [0.717, 1.165) is 38.5 Å². The minimum Gasteiger partial charge on any atom is -0.481 e. The molecule has 2 rings (SSSR count). The molecule has 126 valence electrons. The van der Waals surface area contributed by atoms with E-state index in [4.69, 9.17) is 9.84 Å². The predicted molar refractivity (Wildman–Crippen MR) is 82.7 cm³/mol. The van der Waals surface area contributed by atoms with Crippen molar-refractivity contribution < 1.29 is 19.4 Å². The summed E-state index contributed by atoms with van der Waals surface area (Å²) in [4.78, 5) is 22.9. The van der Waals surface area contributed by atoms with Crippen molar-refractivity contribution in [3.05, 3.63) is 0 Å². The average molecular weight is 312 g/mol. The zero-order valence-corrected chi connectivity index (χ0v) is 13.4. The number of carboxylic acids is 1. The largest absolute Gasteiger partial charge is 0.481 e. The van der Waals surface area contributed by atoms with Crippen LogP contribution in [-0.4, -0.2) is 42.4 Å². The fourth-order valence-electron chi connectivity index (χ4n) is 3.61. The smallest absolute Gasteiger partial charge is 0.315 e. The van der Waals surface area contributed by atoms with Crippen molar-refractivity contribution in [2.75, 3.05) is 13.7 Å². The highest BCUT2D eigenvalue weighted by Gasteiger charge is 2.32. The van der Waals surface area contributed by atoms with Gasteiger partial charge in [0.1, 0.15) is 0 Å². The topological polar surface area (TPSA) is 87.7 Å². The molecular formula is C16H28N2O4. The molecule has 0 bridgehead atoms. The number of nitrogens with one attached hydrogen (secondary N) is 2. The number of rotatable bonds is 5. The molecular weight excluding hydrogens is 284 g/mol. The van der Waals surface area contributed by atoms with E-state index in [0.29, 0.717) is 19.4 Å². The summed E-state index contributed by atoms with van der Waals surface area (Å²) in [6.07, 6.45) is 8.28. The third kappa shape index (κ3) is 4.60. The molecule has 2 aliphatic carbocycles. The summed E-state index contributed by atoms with van der Waals surface area (Å²) in [6.45, 7) is 0.541. The highest BCUT2D eigenvalue weighted by Crippen LogP contribution is 2.30. The zero-order valence-electron chi connectivity index (χ0n) is 13.4. The van der Waals surface area contributed by atoms with Crippen LogP contribution in [0.15, 0.2) is 0 Å². The Kier molecular flexibility index (Phi) is 6.06. The molecule has 0 aromatic carbocycles. The molecule has 0 aromatic rings. The minimum atomic E-state index is -0.720. The van der Waals surface area contributed by atoms with Crippen LogP contribution in [0.3, 0.4) is 0 Å². The lowest BCUT2D eigenvalue weighted by molar-refractivity contribution is -0.142. The molecule has 0 aromatic heterocycles. The average Bonchev–Trinajstić information content (AvgIpc) is 2.54. The van der Waals surface area contributed by atoms with Crippen molar-refractivity contribution in [3.63, 3.8) is 0 Å². The van der Waals surface area contributed by atoms with Crippen LogP contribution in [0, 0.1) is 5.92 Å². The second-order valence-electron chi connectivity index (χ2n) is 6.66. The predicted octanol–water partition coefficient (Wildman–Crippen LogP) is 2.28. The number of hydrogen-bond donors (Lipinski definition) is 3. The van der Waals surface area contributed by atoms with Gasteiger partial charge in [-0.15, -0.1) is 0 Å². The van der Waals surface area contributed by atoms with Gasteiger partial charge in [0.25, 0.3) is 0 Å². The van der Waals surface area contributed by atoms with Crippen molar-refractivity contribution in [1.82, 2.24) is 10.6 Å². The number of ether oxygens (including phenoxy) is 1. The maximum Gasteiger partial charge on any atom is 0.315 e. The molecule has 0 atom stereocenters. The van der Waals surface area contributed by atoms with Crippen molar-refractivity contribution >= 4 is 12.0 Å². The number of aliphatic carboxylic acids is 1. The Morgan fingerprint density at radius 1 is 1.14 bits per heavy atom. The lowest BCUT2D eigenvalue weighted by atomic mass is 9.84. The SMILES string of the molecule is COC1(CNC(=O)NC2CCC(C(=O)O)CC2)CCCCC1. The van der Waals surface area contributed by atoms with Crippen molar-refractivity contribution in [1.29, 1.82) is 0 Å². The second kappa shape index (κ2) is 7.81. The molecule has 6 heteroatoms. The molecule has 2 aliphatic rings. The van der Waals surface area contributed by atoms with Crippen LogP contribution in [0.25, 0.3) is 0 Å². The summed E-state index contributed by atoms with van der Waals surface area (Å²) >= 11 is 0. The third-order valence-electron chi connectivity index (χ3n) is 5.18. The third-order valence-corrected chi connectivity index (χ3v) is 5.18. The zero-order chi connectivity index (χ0) is 16.0. The molecule has 0 heterocycles. The van der Waals surface area contributed by atoms with Crippen LogP contribution < -0.4 is 10.6 Å². The van der Waals surface area contributed by atoms with Gasteiger partial charge in [-0.2, -0.15) is 0 Å². The van der Waals surface area contributed by atoms with Gasteiger partial charge >= 0.3 is 12.0 Å². The maximum atomic E-state index is 12.0. The van der Waals surface area contributed by atoms with Crippen LogP contribution in [0.5, 0.6) is 0 Å². The van der Waals surface area contributed by atoms with E-state index in [1.54, 1.807) is 7.11 Å². The van der Waals surface area contributed by atoms with Crippen LogP contribution in [-0.2, 0) is 9.53 Å². The number of hydrogen-bond acceptors (Lipinski definition) is 3. The van der Waals surface area contributed by atoms with Crippen LogP contribution in [0.1, 0.15) is 57.8 Å². The Hall–Kier alpha value is -1.30. The molecule has 3 N–H and O–H groups in total. The van der Waals surface area contributed by atoms with Gasteiger partial charge in [0.05, 0.1) is 11.5 Å². The van der Waals surface area contributed by atoms with Crippen molar-refractivity contribution in [3.8, 4) is 0 Å². The minimum absolute atomic E-state index is 0.0838. The maximum absolute atomic E-state index is 12.0. The van der Waals surface area contributed by atoms with Gasteiger partial charge in [-0.05, 0) is 38.5 Å². The molecule has 0 spiro atoms. The summed E-state index contributed by atoms with van der Waals surface area (Å²) in [7, 11) is 1.72. The number of urea groups is 1. The molecule has 22 heavy (non-hydrogen) atoms. The highest BCUT2D eigenvalue weighted by molar-refractivity contribution is 5.74. The van der Waals surface area contributed by atoms with E-state index in [1.807, 2.05) is 0 Å². The van der Waals surface area contributed by atoms with Gasteiger partial charge < -0.3 is 20.5 Å². The first-order valence-corrected chi connectivity index (χ1v) is 8.37. The molecule has 0 unspecified atom stereocenters. The van der Waals surface area contributed by atoms with E-state index in [-0.39, 0.29) is 23.6 Å². The van der Waals surface area contributed by atoms with Crippen LogP contribution >= 0.6 is 0 Å². The fourth-order valence-corrected chi connectivity index (χ4v) is 3.61. The Morgan fingerprint density at radius 2 is 1.77 bits per heavy atom. The number of carboxylic acid groups (broad SMARTS) is 1. The molecule has 0 radical (unpaired) electrons. The van der Waals surface area contributed by atoms with Gasteiger partial charge in [-0.25, -0.2) is 4.79 Å². The normalized spacial score (nSPS) is 27.9. The van der Waals surface area contributed by atoms with E-state index < -0.39 is 5.97 Å². The molecule has 6 nitrogen and oxygen atoms in total.